The van der Waals surface area contributed by atoms with Gasteiger partial charge in [-0.2, -0.15) is 5.10 Å². The van der Waals surface area contributed by atoms with E-state index in [4.69, 9.17) is 11.6 Å². The van der Waals surface area contributed by atoms with Gasteiger partial charge in [-0.25, -0.2) is 0 Å². The second kappa shape index (κ2) is 8.90. The molecule has 1 aromatic carbocycles. The van der Waals surface area contributed by atoms with Gasteiger partial charge in [0.25, 0.3) is 0 Å². The number of nitrogens with zero attached hydrogens (tertiary/aromatic N) is 3. The smallest absolute Gasteiger partial charge is 0.191 e. The van der Waals surface area contributed by atoms with Crippen LogP contribution in [0.5, 0.6) is 0 Å². The second-order valence-corrected chi connectivity index (χ2v) is 6.42. The number of hydrogen-bond donors (Lipinski definition) is 2. The van der Waals surface area contributed by atoms with E-state index in [9.17, 15) is 0 Å². The Kier molecular flexibility index (Phi) is 6.88. The molecule has 6 heteroatoms. The van der Waals surface area contributed by atoms with Crippen molar-refractivity contribution in [1.29, 1.82) is 0 Å². The number of hydrogen-bond acceptors (Lipinski definition) is 2. The number of halogens is 1. The summed E-state index contributed by atoms with van der Waals surface area (Å²) in [6, 6.07) is 7.92. The Morgan fingerprint density at radius 3 is 2.60 bits per heavy atom. The molecule has 1 unspecified atom stereocenters. The van der Waals surface area contributed by atoms with Gasteiger partial charge in [0, 0.05) is 36.9 Å². The molecule has 136 valence electrons. The van der Waals surface area contributed by atoms with Crippen LogP contribution in [0, 0.1) is 0 Å². The number of aliphatic imine (C=N–C) groups is 1. The van der Waals surface area contributed by atoms with Crippen LogP contribution >= 0.6 is 11.6 Å². The molecule has 2 rings (SSSR count). The third-order valence-electron chi connectivity index (χ3n) is 4.41. The minimum absolute atomic E-state index is 0.0603. The van der Waals surface area contributed by atoms with E-state index in [1.54, 1.807) is 7.05 Å². The van der Waals surface area contributed by atoms with Crippen LogP contribution in [0.4, 0.5) is 0 Å². The molecule has 25 heavy (non-hydrogen) atoms. The molecule has 0 saturated heterocycles. The Hall–Kier alpha value is -2.01. The zero-order valence-corrected chi connectivity index (χ0v) is 16.5. The SMILES string of the molecule is CCc1nn(C)c(CC)c1CNC(=NC)NC(C)c1ccccc1Cl. The molecule has 0 aliphatic rings. The molecule has 0 fully saturated rings. The summed E-state index contributed by atoms with van der Waals surface area (Å²) in [5, 5.41) is 12.2. The molecule has 1 aromatic heterocycles. The lowest BCUT2D eigenvalue weighted by molar-refractivity contribution is 0.681. The number of benzene rings is 1. The van der Waals surface area contributed by atoms with Gasteiger partial charge in [-0.05, 0) is 31.4 Å². The van der Waals surface area contributed by atoms with Crippen molar-refractivity contribution in [3.05, 3.63) is 51.8 Å². The maximum atomic E-state index is 6.29. The third kappa shape index (κ3) is 4.54. The second-order valence-electron chi connectivity index (χ2n) is 6.02. The third-order valence-corrected chi connectivity index (χ3v) is 4.75. The highest BCUT2D eigenvalue weighted by molar-refractivity contribution is 6.31. The van der Waals surface area contributed by atoms with Crippen molar-refractivity contribution in [1.82, 2.24) is 20.4 Å². The van der Waals surface area contributed by atoms with Crippen molar-refractivity contribution in [3.8, 4) is 0 Å². The topological polar surface area (TPSA) is 54.2 Å². The Bertz CT molecular complexity index is 735. The number of aromatic nitrogens is 2. The highest BCUT2D eigenvalue weighted by atomic mass is 35.5. The van der Waals surface area contributed by atoms with Gasteiger partial charge in [0.05, 0.1) is 11.7 Å². The zero-order valence-electron chi connectivity index (χ0n) is 15.7. The molecule has 1 heterocycles. The minimum atomic E-state index is 0.0603. The molecule has 1 atom stereocenters. The fraction of sp³-hybridized carbons (Fsp3) is 0.474. The Morgan fingerprint density at radius 1 is 1.28 bits per heavy atom. The highest BCUT2D eigenvalue weighted by Crippen LogP contribution is 2.22. The van der Waals surface area contributed by atoms with Crippen molar-refractivity contribution in [2.45, 2.75) is 46.2 Å². The number of aryl methyl sites for hydroxylation is 2. The van der Waals surface area contributed by atoms with Gasteiger partial charge in [-0.3, -0.25) is 9.67 Å². The first-order chi connectivity index (χ1) is 12.0. The van der Waals surface area contributed by atoms with E-state index in [2.05, 4.69) is 41.5 Å². The van der Waals surface area contributed by atoms with Crippen molar-refractivity contribution < 1.29 is 0 Å². The van der Waals surface area contributed by atoms with E-state index < -0.39 is 0 Å². The highest BCUT2D eigenvalue weighted by Gasteiger charge is 2.15. The van der Waals surface area contributed by atoms with Crippen LogP contribution in [-0.2, 0) is 26.4 Å². The molecule has 2 aromatic rings. The van der Waals surface area contributed by atoms with Gasteiger partial charge in [0.2, 0.25) is 0 Å². The zero-order chi connectivity index (χ0) is 18.4. The quantitative estimate of drug-likeness (QED) is 0.610. The molecule has 5 nitrogen and oxygen atoms in total. The minimum Gasteiger partial charge on any atom is -0.352 e. The van der Waals surface area contributed by atoms with Gasteiger partial charge in [-0.1, -0.05) is 43.6 Å². The fourth-order valence-corrected chi connectivity index (χ4v) is 3.37. The van der Waals surface area contributed by atoms with Crippen molar-refractivity contribution in [3.63, 3.8) is 0 Å². The average molecular weight is 362 g/mol. The number of nitrogens with one attached hydrogen (secondary N) is 2. The predicted octanol–water partition coefficient (Wildman–Crippen LogP) is 3.62. The Labute approximate surface area is 155 Å². The van der Waals surface area contributed by atoms with Crippen LogP contribution in [0.2, 0.25) is 5.02 Å². The normalized spacial score (nSPS) is 13.0. The van der Waals surface area contributed by atoms with Gasteiger partial charge < -0.3 is 10.6 Å². The first-order valence-corrected chi connectivity index (χ1v) is 9.14. The summed E-state index contributed by atoms with van der Waals surface area (Å²) < 4.78 is 1.98. The van der Waals surface area contributed by atoms with Crippen LogP contribution in [0.1, 0.15) is 49.3 Å². The van der Waals surface area contributed by atoms with E-state index in [-0.39, 0.29) is 6.04 Å². The van der Waals surface area contributed by atoms with E-state index >= 15 is 0 Å². The van der Waals surface area contributed by atoms with Crippen LogP contribution in [0.15, 0.2) is 29.3 Å². The van der Waals surface area contributed by atoms with E-state index in [1.807, 2.05) is 36.0 Å². The molecule has 0 spiro atoms. The van der Waals surface area contributed by atoms with Gasteiger partial charge in [0.1, 0.15) is 0 Å². The molecule has 0 radical (unpaired) electrons. The molecule has 0 aliphatic carbocycles. The maximum Gasteiger partial charge on any atom is 0.191 e. The lowest BCUT2D eigenvalue weighted by Gasteiger charge is -2.19. The average Bonchev–Trinajstić information content (AvgIpc) is 2.93. The van der Waals surface area contributed by atoms with Gasteiger partial charge in [-0.15, -0.1) is 0 Å². The van der Waals surface area contributed by atoms with Crippen molar-refractivity contribution >= 4 is 17.6 Å². The van der Waals surface area contributed by atoms with E-state index in [0.717, 1.165) is 35.1 Å². The summed E-state index contributed by atoms with van der Waals surface area (Å²) in [7, 11) is 3.79. The summed E-state index contributed by atoms with van der Waals surface area (Å²) in [5.41, 5.74) is 4.72. The standard InChI is InChI=1S/C19H28ClN5/c1-6-17-15(18(7-2)25(5)24-17)12-22-19(21-4)23-13(3)14-10-8-9-11-16(14)20/h8-11,13H,6-7,12H2,1-5H3,(H2,21,22,23). The fourth-order valence-electron chi connectivity index (χ4n) is 3.07. The summed E-state index contributed by atoms with van der Waals surface area (Å²) >= 11 is 6.29. The number of rotatable bonds is 6. The monoisotopic (exact) mass is 361 g/mol. The maximum absolute atomic E-state index is 6.29. The lowest BCUT2D eigenvalue weighted by atomic mass is 10.1. The van der Waals surface area contributed by atoms with E-state index in [1.165, 1.54) is 11.3 Å². The first kappa shape index (κ1) is 19.3. The number of guanidine groups is 1. The molecular formula is C19H28ClN5. The first-order valence-electron chi connectivity index (χ1n) is 8.76. The molecule has 0 saturated carbocycles. The summed E-state index contributed by atoms with van der Waals surface area (Å²) in [6.07, 6.45) is 1.88. The summed E-state index contributed by atoms with van der Waals surface area (Å²) in [5.74, 6) is 0.750. The predicted molar refractivity (Wildman–Crippen MR) is 105 cm³/mol. The summed E-state index contributed by atoms with van der Waals surface area (Å²) in [4.78, 5) is 4.34. The Morgan fingerprint density at radius 2 is 2.00 bits per heavy atom. The molecular weight excluding hydrogens is 334 g/mol. The van der Waals surface area contributed by atoms with Crippen molar-refractivity contribution in [2.75, 3.05) is 7.05 Å². The van der Waals surface area contributed by atoms with Crippen LogP contribution in [-0.4, -0.2) is 22.8 Å². The molecule has 2 N–H and O–H groups in total. The van der Waals surface area contributed by atoms with E-state index in [0.29, 0.717) is 6.54 Å². The largest absolute Gasteiger partial charge is 0.352 e. The Balaban J connectivity index is 2.08. The van der Waals surface area contributed by atoms with Crippen LogP contribution < -0.4 is 10.6 Å². The molecule has 0 aliphatic heterocycles. The summed E-state index contributed by atoms with van der Waals surface area (Å²) in [6.45, 7) is 7.08. The van der Waals surface area contributed by atoms with Crippen LogP contribution in [0.25, 0.3) is 0 Å². The van der Waals surface area contributed by atoms with Crippen LogP contribution in [0.3, 0.4) is 0 Å². The van der Waals surface area contributed by atoms with Gasteiger partial charge in [0.15, 0.2) is 5.96 Å². The lowest BCUT2D eigenvalue weighted by Crippen LogP contribution is -2.38. The molecule has 0 amide bonds. The van der Waals surface area contributed by atoms with Crippen molar-refractivity contribution in [2.24, 2.45) is 12.0 Å². The van der Waals surface area contributed by atoms with Gasteiger partial charge >= 0.3 is 0 Å². The molecule has 0 bridgehead atoms.